The minimum absolute atomic E-state index is 0. The van der Waals surface area contributed by atoms with Crippen LogP contribution in [0.5, 0.6) is 0 Å². The third-order valence-corrected chi connectivity index (χ3v) is 5.03. The molecule has 0 aromatic heterocycles. The zero-order valence-electron chi connectivity index (χ0n) is 15.3. The Kier molecular flexibility index (Phi) is 12.6. The second-order valence-electron chi connectivity index (χ2n) is 6.43. The first kappa shape index (κ1) is 25.2. The van der Waals surface area contributed by atoms with Gasteiger partial charge in [-0.25, -0.2) is 8.78 Å². The van der Waals surface area contributed by atoms with Gasteiger partial charge in [0.25, 0.3) is 0 Å². The average Bonchev–Trinajstić information content (AvgIpc) is 2.51. The Morgan fingerprint density at radius 2 is 1.88 bits per heavy atom. The van der Waals surface area contributed by atoms with Crippen molar-refractivity contribution in [3.63, 3.8) is 0 Å². The largest absolute Gasteiger partial charge is 0.417 e. The van der Waals surface area contributed by atoms with Crippen molar-refractivity contribution >= 4 is 28.9 Å². The summed E-state index contributed by atoms with van der Waals surface area (Å²) in [6, 6.07) is 4.82. The molecule has 0 bridgehead atoms. The summed E-state index contributed by atoms with van der Waals surface area (Å²) in [5, 5.41) is 0. The molecule has 0 aliphatic carbocycles. The summed E-state index contributed by atoms with van der Waals surface area (Å²) in [6.07, 6.45) is 5.22. The maximum Gasteiger partial charge on any atom is 0.0611 e. The zero-order chi connectivity index (χ0) is 18.2. The summed E-state index contributed by atoms with van der Waals surface area (Å²) in [5.74, 6) is -0.813. The SMILES string of the molecule is CCCCN(c1ccc(F)[c-]c1F)C(CCCCl)C(C)(Cl)CCC.[Ti]. The fourth-order valence-electron chi connectivity index (χ4n) is 3.14. The van der Waals surface area contributed by atoms with E-state index in [4.69, 9.17) is 23.2 Å². The minimum atomic E-state index is -0.689. The Morgan fingerprint density at radius 1 is 1.20 bits per heavy atom. The van der Waals surface area contributed by atoms with Crippen LogP contribution in [0.25, 0.3) is 0 Å². The Bertz CT molecular complexity index is 500. The molecule has 142 valence electrons. The van der Waals surface area contributed by atoms with Crippen LogP contribution in [0.3, 0.4) is 0 Å². The Labute approximate surface area is 176 Å². The van der Waals surface area contributed by atoms with Gasteiger partial charge in [0, 0.05) is 51.8 Å². The normalized spacial score (nSPS) is 14.5. The summed E-state index contributed by atoms with van der Waals surface area (Å²) in [7, 11) is 0. The van der Waals surface area contributed by atoms with Crippen LogP contribution < -0.4 is 4.90 Å². The molecule has 25 heavy (non-hydrogen) atoms. The van der Waals surface area contributed by atoms with Gasteiger partial charge in [-0.1, -0.05) is 26.7 Å². The van der Waals surface area contributed by atoms with Gasteiger partial charge in [0.2, 0.25) is 0 Å². The number of anilines is 1. The van der Waals surface area contributed by atoms with Gasteiger partial charge in [0.1, 0.15) is 0 Å². The van der Waals surface area contributed by atoms with Crippen molar-refractivity contribution in [2.24, 2.45) is 0 Å². The van der Waals surface area contributed by atoms with E-state index < -0.39 is 16.5 Å². The van der Waals surface area contributed by atoms with Crippen LogP contribution in [-0.2, 0) is 21.7 Å². The molecule has 0 saturated heterocycles. The quantitative estimate of drug-likeness (QED) is 0.220. The van der Waals surface area contributed by atoms with Crippen molar-refractivity contribution in [3.8, 4) is 0 Å². The molecule has 6 heteroatoms. The molecule has 0 spiro atoms. The Morgan fingerprint density at radius 3 is 2.40 bits per heavy atom. The van der Waals surface area contributed by atoms with Crippen LogP contribution in [0, 0.1) is 17.7 Å². The molecule has 2 unspecified atom stereocenters. The third kappa shape index (κ3) is 7.75. The number of rotatable bonds is 11. The molecule has 0 fully saturated rings. The zero-order valence-corrected chi connectivity index (χ0v) is 18.4. The second kappa shape index (κ2) is 12.5. The van der Waals surface area contributed by atoms with Crippen molar-refractivity contribution in [1.29, 1.82) is 0 Å². The van der Waals surface area contributed by atoms with E-state index in [0.29, 0.717) is 18.1 Å². The summed E-state index contributed by atoms with van der Waals surface area (Å²) in [6.45, 7) is 6.85. The maximum atomic E-state index is 14.4. The number of alkyl halides is 2. The van der Waals surface area contributed by atoms with Crippen LogP contribution in [0.4, 0.5) is 14.5 Å². The molecular weight excluding hydrogens is 399 g/mol. The summed E-state index contributed by atoms with van der Waals surface area (Å²) in [5.41, 5.74) is 0.368. The maximum absolute atomic E-state index is 14.4. The number of halogens is 4. The van der Waals surface area contributed by atoms with Gasteiger partial charge in [-0.3, -0.25) is 0 Å². The first-order valence-electron chi connectivity index (χ1n) is 8.76. The van der Waals surface area contributed by atoms with Gasteiger partial charge >= 0.3 is 0 Å². The summed E-state index contributed by atoms with van der Waals surface area (Å²) in [4.78, 5) is 1.49. The molecule has 0 heterocycles. The Balaban J connectivity index is 0.00000576. The van der Waals surface area contributed by atoms with Gasteiger partial charge in [0.05, 0.1) is 4.87 Å². The van der Waals surface area contributed by atoms with E-state index in [9.17, 15) is 8.78 Å². The van der Waals surface area contributed by atoms with Crippen LogP contribution >= 0.6 is 23.2 Å². The molecule has 0 saturated carbocycles. The third-order valence-electron chi connectivity index (χ3n) is 4.32. The van der Waals surface area contributed by atoms with E-state index in [0.717, 1.165) is 38.5 Å². The molecule has 2 atom stereocenters. The van der Waals surface area contributed by atoms with Crippen LogP contribution in [0.15, 0.2) is 12.1 Å². The van der Waals surface area contributed by atoms with Gasteiger partial charge in [-0.15, -0.1) is 41.4 Å². The minimum Gasteiger partial charge on any atom is -0.417 e. The predicted octanol–water partition coefficient (Wildman–Crippen LogP) is 6.55. The van der Waals surface area contributed by atoms with Gasteiger partial charge in [0.15, 0.2) is 0 Å². The van der Waals surface area contributed by atoms with Crippen molar-refractivity contribution in [3.05, 3.63) is 29.8 Å². The van der Waals surface area contributed by atoms with E-state index in [1.807, 2.05) is 11.8 Å². The monoisotopic (exact) mass is 426 g/mol. The Hall–Kier alpha value is 0.174. The predicted molar refractivity (Wildman–Crippen MR) is 100 cm³/mol. The second-order valence-corrected chi connectivity index (χ2v) is 7.67. The van der Waals surface area contributed by atoms with Crippen LogP contribution in [0.1, 0.15) is 59.3 Å². The molecule has 0 radical (unpaired) electrons. The van der Waals surface area contributed by atoms with E-state index in [-0.39, 0.29) is 27.8 Å². The standard InChI is InChI=1S/C19H28Cl2F2N.Ti/c1-4-6-13-24(17-10-9-15(22)14-16(17)23)18(8-7-12-20)19(3,21)11-5-2;/h9-10,18H,4-8,11-13H2,1-3H3;/q-1;. The average molecular weight is 427 g/mol. The van der Waals surface area contributed by atoms with Crippen molar-refractivity contribution in [1.82, 2.24) is 0 Å². The van der Waals surface area contributed by atoms with Gasteiger partial charge in [-0.2, -0.15) is 0 Å². The number of benzene rings is 1. The fourth-order valence-corrected chi connectivity index (χ4v) is 3.71. The number of nitrogens with zero attached hydrogens (tertiary/aromatic N) is 1. The van der Waals surface area contributed by atoms with Crippen LogP contribution in [0.2, 0.25) is 0 Å². The van der Waals surface area contributed by atoms with Crippen LogP contribution in [-0.4, -0.2) is 23.3 Å². The first-order chi connectivity index (χ1) is 11.4. The number of hydrogen-bond donors (Lipinski definition) is 0. The molecule has 1 rings (SSSR count). The van der Waals surface area contributed by atoms with E-state index in [1.165, 1.54) is 12.1 Å². The number of unbranched alkanes of at least 4 members (excludes halogenated alkanes) is 1. The molecule has 1 aromatic carbocycles. The van der Waals surface area contributed by atoms with E-state index in [1.54, 1.807) is 0 Å². The summed E-state index contributed by atoms with van der Waals surface area (Å²) < 4.78 is 27.6. The molecule has 1 nitrogen and oxygen atoms in total. The van der Waals surface area contributed by atoms with E-state index >= 15 is 0 Å². The first-order valence-corrected chi connectivity index (χ1v) is 9.67. The van der Waals surface area contributed by atoms with E-state index in [2.05, 4.69) is 19.9 Å². The van der Waals surface area contributed by atoms with Crippen molar-refractivity contribution in [2.75, 3.05) is 17.3 Å². The molecule has 0 N–H and O–H groups in total. The molecule has 0 amide bonds. The van der Waals surface area contributed by atoms with Gasteiger partial charge < -0.3 is 4.90 Å². The van der Waals surface area contributed by atoms with Gasteiger partial charge in [-0.05, 0) is 38.3 Å². The molecule has 1 aromatic rings. The fraction of sp³-hybridized carbons (Fsp3) is 0.684. The summed E-state index contributed by atoms with van der Waals surface area (Å²) >= 11 is 12.7. The van der Waals surface area contributed by atoms with Crippen molar-refractivity contribution in [2.45, 2.75) is 70.2 Å². The van der Waals surface area contributed by atoms with Crippen molar-refractivity contribution < 1.29 is 30.5 Å². The topological polar surface area (TPSA) is 3.24 Å². The molecule has 0 aliphatic rings. The smallest absolute Gasteiger partial charge is 0.0611 e. The molecular formula is C19H28Cl2F2NTi-. The number of hydrogen-bond acceptors (Lipinski definition) is 1. The molecule has 0 aliphatic heterocycles.